The van der Waals surface area contributed by atoms with Gasteiger partial charge in [0.15, 0.2) is 12.2 Å². The zero-order valence-electron chi connectivity index (χ0n) is 14.0. The van der Waals surface area contributed by atoms with Crippen molar-refractivity contribution < 1.29 is 30.0 Å². The Morgan fingerprint density at radius 3 is 2.28 bits per heavy atom. The number of aliphatic imine (C=N–C) groups is 1. The number of likely N-dealkylation sites (N-methyl/N-ethyl adjacent to an activating group) is 1. The largest absolute Gasteiger partial charge is 0.479 e. The summed E-state index contributed by atoms with van der Waals surface area (Å²) < 4.78 is 0. The van der Waals surface area contributed by atoms with Crippen molar-refractivity contribution in [1.29, 1.82) is 0 Å². The van der Waals surface area contributed by atoms with Crippen LogP contribution in [0.3, 0.4) is 0 Å². The summed E-state index contributed by atoms with van der Waals surface area (Å²) >= 11 is 1.78. The number of thiophene rings is 1. The van der Waals surface area contributed by atoms with E-state index in [-0.39, 0.29) is 0 Å². The fourth-order valence-electron chi connectivity index (χ4n) is 1.89. The molecule has 1 aromatic rings. The Kier molecular flexibility index (Phi) is 8.26. The number of aryl methyl sites for hydroxylation is 1. The van der Waals surface area contributed by atoms with E-state index in [1.807, 2.05) is 0 Å². The van der Waals surface area contributed by atoms with E-state index in [1.54, 1.807) is 11.3 Å². The number of hydrogen-bond donors (Lipinski definition) is 4. The molecule has 25 heavy (non-hydrogen) atoms. The van der Waals surface area contributed by atoms with Gasteiger partial charge in [0.2, 0.25) is 0 Å². The van der Waals surface area contributed by atoms with E-state index in [9.17, 15) is 9.59 Å². The van der Waals surface area contributed by atoms with Crippen LogP contribution in [-0.2, 0) is 9.59 Å². The lowest BCUT2D eigenvalue weighted by Gasteiger charge is -2.22. The van der Waals surface area contributed by atoms with E-state index in [4.69, 9.17) is 20.4 Å². The molecule has 138 valence electrons. The number of rotatable bonds is 5. The Morgan fingerprint density at radius 1 is 1.24 bits per heavy atom. The summed E-state index contributed by atoms with van der Waals surface area (Å²) in [5.74, 6) is -2.43. The minimum atomic E-state index is -2.27. The van der Waals surface area contributed by atoms with Crippen LogP contribution in [0.2, 0.25) is 0 Å². The van der Waals surface area contributed by atoms with Gasteiger partial charge in [-0.1, -0.05) is 0 Å². The summed E-state index contributed by atoms with van der Waals surface area (Å²) in [7, 11) is 2.10. The van der Waals surface area contributed by atoms with Crippen molar-refractivity contribution in [1.82, 2.24) is 4.90 Å². The van der Waals surface area contributed by atoms with Crippen LogP contribution >= 0.6 is 11.3 Å². The van der Waals surface area contributed by atoms with Gasteiger partial charge < -0.3 is 25.3 Å². The first-order valence-electron chi connectivity index (χ1n) is 7.53. The van der Waals surface area contributed by atoms with E-state index in [2.05, 4.69) is 47.5 Å². The Labute approximate surface area is 149 Å². The average Bonchev–Trinajstić information content (AvgIpc) is 2.98. The molecule has 2 heterocycles. The molecular formula is C16H22N2O6S. The number of hydrogen-bond acceptors (Lipinski definition) is 7. The molecule has 0 fully saturated rings. The molecule has 0 aliphatic carbocycles. The Morgan fingerprint density at radius 2 is 1.84 bits per heavy atom. The van der Waals surface area contributed by atoms with Crippen LogP contribution in [0.1, 0.15) is 16.9 Å². The Hall–Kier alpha value is -2.23. The topological polar surface area (TPSA) is 131 Å². The summed E-state index contributed by atoms with van der Waals surface area (Å²) in [6, 6.07) is 2.15. The van der Waals surface area contributed by atoms with Crippen LogP contribution in [0, 0.1) is 6.92 Å². The van der Waals surface area contributed by atoms with Crippen molar-refractivity contribution in [2.24, 2.45) is 4.99 Å². The molecular weight excluding hydrogens is 348 g/mol. The first kappa shape index (κ1) is 20.8. The molecule has 0 spiro atoms. The summed E-state index contributed by atoms with van der Waals surface area (Å²) in [5.41, 5.74) is 1.34. The number of nitrogens with zero attached hydrogens (tertiary/aromatic N) is 2. The van der Waals surface area contributed by atoms with Gasteiger partial charge in [-0.2, -0.15) is 0 Å². The summed E-state index contributed by atoms with van der Waals surface area (Å²) in [5, 5.41) is 34.7. The molecule has 0 unspecified atom stereocenters. The first-order chi connectivity index (χ1) is 11.7. The van der Waals surface area contributed by atoms with Crippen molar-refractivity contribution in [3.63, 3.8) is 0 Å². The number of amidine groups is 1. The Bertz CT molecular complexity index is 637. The third-order valence-corrected chi connectivity index (χ3v) is 4.39. The predicted molar refractivity (Wildman–Crippen MR) is 94.9 cm³/mol. The van der Waals surface area contributed by atoms with E-state index in [1.165, 1.54) is 16.9 Å². The van der Waals surface area contributed by atoms with Gasteiger partial charge in [-0.25, -0.2) is 9.59 Å². The number of aliphatic hydroxyl groups excluding tert-OH is 2. The van der Waals surface area contributed by atoms with Crippen molar-refractivity contribution in [3.05, 3.63) is 28.0 Å². The van der Waals surface area contributed by atoms with Gasteiger partial charge in [-0.3, -0.25) is 4.99 Å². The smallest absolute Gasteiger partial charge is 0.335 e. The molecule has 0 aromatic carbocycles. The number of aliphatic carboxylic acids is 2. The van der Waals surface area contributed by atoms with Gasteiger partial charge in [0.25, 0.3) is 0 Å². The molecule has 2 rings (SSSR count). The number of aliphatic hydroxyl groups is 2. The van der Waals surface area contributed by atoms with Crippen molar-refractivity contribution in [2.75, 3.05) is 20.1 Å². The van der Waals surface area contributed by atoms with Crippen LogP contribution in [-0.4, -0.2) is 75.4 Å². The minimum Gasteiger partial charge on any atom is -0.479 e. The van der Waals surface area contributed by atoms with Crippen LogP contribution in [0.25, 0.3) is 6.08 Å². The van der Waals surface area contributed by atoms with Crippen molar-refractivity contribution in [3.8, 4) is 0 Å². The van der Waals surface area contributed by atoms with Gasteiger partial charge in [0, 0.05) is 25.0 Å². The highest BCUT2D eigenvalue weighted by atomic mass is 32.1. The lowest BCUT2D eigenvalue weighted by atomic mass is 10.2. The maximum absolute atomic E-state index is 9.77. The second kappa shape index (κ2) is 9.92. The molecule has 1 aliphatic heterocycles. The second-order valence-electron chi connectivity index (χ2n) is 5.38. The van der Waals surface area contributed by atoms with Crippen molar-refractivity contribution in [2.45, 2.75) is 25.6 Å². The van der Waals surface area contributed by atoms with Crippen molar-refractivity contribution >= 4 is 35.2 Å². The third-order valence-electron chi connectivity index (χ3n) is 3.41. The predicted octanol–water partition coefficient (Wildman–Crippen LogP) is 0.681. The molecule has 4 N–H and O–H groups in total. The Balaban J connectivity index is 0.000000275. The second-order valence-corrected chi connectivity index (χ2v) is 6.33. The van der Waals surface area contributed by atoms with E-state index in [0.717, 1.165) is 18.9 Å². The molecule has 1 aliphatic rings. The third kappa shape index (κ3) is 6.65. The molecule has 0 bridgehead atoms. The van der Waals surface area contributed by atoms with Gasteiger partial charge >= 0.3 is 11.9 Å². The zero-order valence-corrected chi connectivity index (χ0v) is 14.8. The highest BCUT2D eigenvalue weighted by Gasteiger charge is 2.29. The zero-order chi connectivity index (χ0) is 19.0. The highest BCUT2D eigenvalue weighted by molar-refractivity contribution is 7.11. The van der Waals surface area contributed by atoms with E-state index >= 15 is 0 Å². The molecule has 0 amide bonds. The SMILES string of the molecule is Cc1ccsc1C=CC1=NCCCN1C.O=C(O)[C@H](O)[C@@H](O)C(=O)O. The number of carboxylic acids is 2. The maximum atomic E-state index is 9.77. The first-order valence-corrected chi connectivity index (χ1v) is 8.41. The lowest BCUT2D eigenvalue weighted by molar-refractivity contribution is -0.165. The highest BCUT2D eigenvalue weighted by Crippen LogP contribution is 2.17. The van der Waals surface area contributed by atoms with Crippen LogP contribution < -0.4 is 0 Å². The van der Waals surface area contributed by atoms with Gasteiger partial charge in [0.1, 0.15) is 5.84 Å². The van der Waals surface area contributed by atoms with E-state index < -0.39 is 24.1 Å². The lowest BCUT2D eigenvalue weighted by Crippen LogP contribution is -2.39. The monoisotopic (exact) mass is 370 g/mol. The molecule has 9 heteroatoms. The molecule has 1 aromatic heterocycles. The number of carbonyl (C=O) groups is 2. The normalized spacial score (nSPS) is 16.6. The molecule has 0 saturated heterocycles. The standard InChI is InChI=1S/C12H16N2S.C4H6O6/c1-10-6-9-15-11(10)4-5-12-13-7-3-8-14(12)2;5-1(3(7)8)2(6)4(9)10/h4-6,9H,3,7-8H2,1-2H3;1-2,5-6H,(H,7,8)(H,9,10)/t;1-,2-/m.1/s1. The van der Waals surface area contributed by atoms with Gasteiger partial charge in [0.05, 0.1) is 0 Å². The summed E-state index contributed by atoms with van der Waals surface area (Å²) in [4.78, 5) is 27.6. The fraction of sp³-hybridized carbons (Fsp3) is 0.438. The van der Waals surface area contributed by atoms with Gasteiger partial charge in [-0.05, 0) is 42.5 Å². The average molecular weight is 370 g/mol. The number of carboxylic acid groups (broad SMARTS) is 2. The van der Waals surface area contributed by atoms with Gasteiger partial charge in [-0.15, -0.1) is 11.3 Å². The summed E-state index contributed by atoms with van der Waals surface area (Å²) in [6.45, 7) is 4.22. The quantitative estimate of drug-likeness (QED) is 0.599. The molecule has 8 nitrogen and oxygen atoms in total. The molecule has 0 radical (unpaired) electrons. The van der Waals surface area contributed by atoms with Crippen LogP contribution in [0.15, 0.2) is 22.5 Å². The van der Waals surface area contributed by atoms with E-state index in [0.29, 0.717) is 0 Å². The molecule has 0 saturated carbocycles. The maximum Gasteiger partial charge on any atom is 0.335 e. The summed E-state index contributed by atoms with van der Waals surface area (Å²) in [6.07, 6.45) is 0.930. The molecule has 2 atom stereocenters. The fourth-order valence-corrected chi connectivity index (χ4v) is 2.71. The van der Waals surface area contributed by atoms with Crippen LogP contribution in [0.4, 0.5) is 0 Å². The van der Waals surface area contributed by atoms with Crippen LogP contribution in [0.5, 0.6) is 0 Å². The minimum absolute atomic E-state index is 0.966.